The number of aromatic amines is 1. The van der Waals surface area contributed by atoms with Gasteiger partial charge in [-0.1, -0.05) is 0 Å². The third kappa shape index (κ3) is 1.90. The number of piperidine rings is 1. The first kappa shape index (κ1) is 9.52. The minimum Gasteiger partial charge on any atom is -0.355 e. The van der Waals surface area contributed by atoms with Crippen molar-refractivity contribution in [3.8, 4) is 0 Å². The van der Waals surface area contributed by atoms with Crippen LogP contribution in [0.25, 0.3) is 0 Å². The summed E-state index contributed by atoms with van der Waals surface area (Å²) >= 11 is 0. The van der Waals surface area contributed by atoms with Gasteiger partial charge in [0.25, 0.3) is 0 Å². The topological polar surface area (TPSA) is 57.9 Å². The number of nitrogens with zero attached hydrogens (tertiary/aromatic N) is 2. The van der Waals surface area contributed by atoms with Gasteiger partial charge in [-0.25, -0.2) is 0 Å². The Morgan fingerprint density at radius 1 is 1.71 bits per heavy atom. The zero-order valence-corrected chi connectivity index (χ0v) is 8.66. The quantitative estimate of drug-likeness (QED) is 0.735. The third-order valence-electron chi connectivity index (χ3n) is 2.87. The molecule has 1 unspecified atom stereocenters. The second-order valence-corrected chi connectivity index (χ2v) is 4.10. The molecule has 2 rings (SSSR count). The van der Waals surface area contributed by atoms with Crippen molar-refractivity contribution >= 4 is 5.82 Å². The molecule has 78 valence electrons. The van der Waals surface area contributed by atoms with Crippen LogP contribution in [-0.2, 0) is 0 Å². The summed E-state index contributed by atoms with van der Waals surface area (Å²) in [4.78, 5) is 2.32. The Balaban J connectivity index is 2.04. The lowest BCUT2D eigenvalue weighted by molar-refractivity contribution is 0.421. The Kier molecular flexibility index (Phi) is 2.72. The number of H-pyrrole nitrogens is 1. The normalized spacial score (nSPS) is 22.7. The largest absolute Gasteiger partial charge is 0.355 e. The van der Waals surface area contributed by atoms with E-state index in [0.29, 0.717) is 5.92 Å². The summed E-state index contributed by atoms with van der Waals surface area (Å²) in [5.41, 5.74) is 6.81. The molecular weight excluding hydrogens is 176 g/mol. The first-order valence-electron chi connectivity index (χ1n) is 5.26. The molecule has 1 fully saturated rings. The van der Waals surface area contributed by atoms with Gasteiger partial charge in [-0.15, -0.1) is 0 Å². The number of nitrogens with two attached hydrogens (primary N) is 1. The Morgan fingerprint density at radius 3 is 3.21 bits per heavy atom. The molecule has 1 aliphatic rings. The number of anilines is 1. The fourth-order valence-corrected chi connectivity index (χ4v) is 2.03. The maximum Gasteiger partial charge on any atom is 0.150 e. The van der Waals surface area contributed by atoms with Gasteiger partial charge in [0.2, 0.25) is 0 Å². The van der Waals surface area contributed by atoms with E-state index >= 15 is 0 Å². The summed E-state index contributed by atoms with van der Waals surface area (Å²) in [6.45, 7) is 4.99. The standard InChI is InChI=1S/C10H18N4/c1-8-5-10(13-12-8)14-4-2-3-9(6-11)7-14/h5,9H,2-4,6-7,11H2,1H3,(H,12,13). The highest BCUT2D eigenvalue weighted by atomic mass is 15.3. The van der Waals surface area contributed by atoms with Gasteiger partial charge < -0.3 is 10.6 Å². The van der Waals surface area contributed by atoms with Crippen molar-refractivity contribution in [2.24, 2.45) is 11.7 Å². The van der Waals surface area contributed by atoms with E-state index < -0.39 is 0 Å². The monoisotopic (exact) mass is 194 g/mol. The highest BCUT2D eigenvalue weighted by molar-refractivity contribution is 5.39. The number of nitrogens with one attached hydrogen (secondary N) is 1. The maximum atomic E-state index is 5.69. The Morgan fingerprint density at radius 2 is 2.57 bits per heavy atom. The van der Waals surface area contributed by atoms with Crippen LogP contribution < -0.4 is 10.6 Å². The molecule has 1 aliphatic heterocycles. The van der Waals surface area contributed by atoms with E-state index in [1.807, 2.05) is 6.92 Å². The first-order chi connectivity index (χ1) is 6.79. The van der Waals surface area contributed by atoms with Crippen molar-refractivity contribution in [3.05, 3.63) is 11.8 Å². The molecule has 4 nitrogen and oxygen atoms in total. The van der Waals surface area contributed by atoms with E-state index in [0.717, 1.165) is 31.1 Å². The van der Waals surface area contributed by atoms with Gasteiger partial charge in [-0.2, -0.15) is 5.10 Å². The van der Waals surface area contributed by atoms with Crippen molar-refractivity contribution < 1.29 is 0 Å². The summed E-state index contributed by atoms with van der Waals surface area (Å²) in [6.07, 6.45) is 2.49. The molecule has 3 N–H and O–H groups in total. The Hall–Kier alpha value is -1.03. The highest BCUT2D eigenvalue weighted by Gasteiger charge is 2.20. The summed E-state index contributed by atoms with van der Waals surface area (Å²) in [5, 5.41) is 7.24. The van der Waals surface area contributed by atoms with Crippen LogP contribution in [0.15, 0.2) is 6.07 Å². The molecule has 14 heavy (non-hydrogen) atoms. The SMILES string of the molecule is Cc1cc(N2CCCC(CN)C2)n[nH]1. The van der Waals surface area contributed by atoms with Gasteiger partial charge in [-0.3, -0.25) is 5.10 Å². The molecule has 0 radical (unpaired) electrons. The van der Waals surface area contributed by atoms with Crippen LogP contribution in [0.4, 0.5) is 5.82 Å². The molecule has 1 saturated heterocycles. The van der Waals surface area contributed by atoms with E-state index in [4.69, 9.17) is 5.73 Å². The van der Waals surface area contributed by atoms with Gasteiger partial charge in [0.15, 0.2) is 5.82 Å². The Bertz CT molecular complexity index is 294. The van der Waals surface area contributed by atoms with E-state index in [9.17, 15) is 0 Å². The second-order valence-electron chi connectivity index (χ2n) is 4.10. The van der Waals surface area contributed by atoms with E-state index in [1.165, 1.54) is 12.8 Å². The fourth-order valence-electron chi connectivity index (χ4n) is 2.03. The summed E-state index contributed by atoms with van der Waals surface area (Å²) in [6, 6.07) is 2.10. The number of hydrogen-bond donors (Lipinski definition) is 2. The summed E-state index contributed by atoms with van der Waals surface area (Å²) < 4.78 is 0. The highest BCUT2D eigenvalue weighted by Crippen LogP contribution is 2.21. The van der Waals surface area contributed by atoms with Gasteiger partial charge in [0.05, 0.1) is 0 Å². The zero-order chi connectivity index (χ0) is 9.97. The molecule has 0 spiro atoms. The molecule has 1 atom stereocenters. The Labute approximate surface area is 84.5 Å². The van der Waals surface area contributed by atoms with E-state index in [-0.39, 0.29) is 0 Å². The van der Waals surface area contributed by atoms with Crippen LogP contribution in [-0.4, -0.2) is 29.8 Å². The average Bonchev–Trinajstić information content (AvgIpc) is 2.65. The fraction of sp³-hybridized carbons (Fsp3) is 0.700. The molecule has 0 aliphatic carbocycles. The minimum atomic E-state index is 0.640. The van der Waals surface area contributed by atoms with Gasteiger partial charge in [0.1, 0.15) is 0 Å². The lowest BCUT2D eigenvalue weighted by Crippen LogP contribution is -2.38. The smallest absolute Gasteiger partial charge is 0.150 e. The number of aryl methyl sites for hydroxylation is 1. The lowest BCUT2D eigenvalue weighted by atomic mass is 9.98. The maximum absolute atomic E-state index is 5.69. The molecule has 0 aromatic carbocycles. The molecule has 2 heterocycles. The van der Waals surface area contributed by atoms with E-state index in [1.54, 1.807) is 0 Å². The minimum absolute atomic E-state index is 0.640. The summed E-state index contributed by atoms with van der Waals surface area (Å²) in [7, 11) is 0. The third-order valence-corrected chi connectivity index (χ3v) is 2.87. The van der Waals surface area contributed by atoms with Crippen LogP contribution in [0, 0.1) is 12.8 Å². The van der Waals surface area contributed by atoms with Crippen molar-refractivity contribution in [3.63, 3.8) is 0 Å². The van der Waals surface area contributed by atoms with Crippen LogP contribution in [0.3, 0.4) is 0 Å². The van der Waals surface area contributed by atoms with Crippen molar-refractivity contribution in [2.45, 2.75) is 19.8 Å². The van der Waals surface area contributed by atoms with Crippen molar-refractivity contribution in [1.29, 1.82) is 0 Å². The number of aromatic nitrogens is 2. The first-order valence-corrected chi connectivity index (χ1v) is 5.26. The molecule has 0 amide bonds. The van der Waals surface area contributed by atoms with Gasteiger partial charge in [-0.05, 0) is 32.2 Å². The molecule has 4 heteroatoms. The predicted molar refractivity (Wildman–Crippen MR) is 57.3 cm³/mol. The zero-order valence-electron chi connectivity index (χ0n) is 8.66. The number of hydrogen-bond acceptors (Lipinski definition) is 3. The van der Waals surface area contributed by atoms with Crippen LogP contribution in [0.1, 0.15) is 18.5 Å². The van der Waals surface area contributed by atoms with Gasteiger partial charge >= 0.3 is 0 Å². The van der Waals surface area contributed by atoms with Crippen molar-refractivity contribution in [1.82, 2.24) is 10.2 Å². The van der Waals surface area contributed by atoms with Crippen LogP contribution >= 0.6 is 0 Å². The molecule has 0 saturated carbocycles. The van der Waals surface area contributed by atoms with Gasteiger partial charge in [0, 0.05) is 24.8 Å². The molecule has 1 aromatic heterocycles. The van der Waals surface area contributed by atoms with Crippen molar-refractivity contribution in [2.75, 3.05) is 24.5 Å². The van der Waals surface area contributed by atoms with E-state index in [2.05, 4.69) is 21.2 Å². The van der Waals surface area contributed by atoms with Crippen LogP contribution in [0.5, 0.6) is 0 Å². The second kappa shape index (κ2) is 4.00. The average molecular weight is 194 g/mol. The molecular formula is C10H18N4. The summed E-state index contributed by atoms with van der Waals surface area (Å²) in [5.74, 6) is 1.71. The molecule has 0 bridgehead atoms. The predicted octanol–water partition coefficient (Wildman–Crippen LogP) is 0.893. The lowest BCUT2D eigenvalue weighted by Gasteiger charge is -2.32. The molecule has 1 aromatic rings. The van der Waals surface area contributed by atoms with Crippen LogP contribution in [0.2, 0.25) is 0 Å². The number of rotatable bonds is 2.